The zero-order chi connectivity index (χ0) is 18.6. The highest BCUT2D eigenvalue weighted by molar-refractivity contribution is 6.33. The van der Waals surface area contributed by atoms with Gasteiger partial charge in [0, 0.05) is 17.8 Å². The Morgan fingerprint density at radius 2 is 1.81 bits per heavy atom. The molecule has 27 heavy (non-hydrogen) atoms. The number of hydrogen-bond acceptors (Lipinski definition) is 6. The molecule has 2 N–H and O–H groups in total. The van der Waals surface area contributed by atoms with Gasteiger partial charge in [-0.15, -0.1) is 0 Å². The topological polar surface area (TPSA) is 85.4 Å². The number of carbonyl (C=O) groups excluding carboxylic acids is 1. The number of ether oxygens (including phenoxy) is 2. The summed E-state index contributed by atoms with van der Waals surface area (Å²) in [6, 6.07) is 14.0. The molecule has 8 heteroatoms. The van der Waals surface area contributed by atoms with Gasteiger partial charge in [-0.2, -0.15) is 0 Å². The van der Waals surface area contributed by atoms with Crippen LogP contribution in [0.1, 0.15) is 10.5 Å². The van der Waals surface area contributed by atoms with Crippen LogP contribution in [0.5, 0.6) is 11.5 Å². The Morgan fingerprint density at radius 1 is 1.00 bits per heavy atom. The van der Waals surface area contributed by atoms with E-state index in [1.807, 2.05) is 18.2 Å². The van der Waals surface area contributed by atoms with Crippen LogP contribution in [-0.4, -0.2) is 29.1 Å². The van der Waals surface area contributed by atoms with Gasteiger partial charge in [-0.25, -0.2) is 9.97 Å². The van der Waals surface area contributed by atoms with Crippen molar-refractivity contribution in [2.24, 2.45) is 0 Å². The van der Waals surface area contributed by atoms with Gasteiger partial charge in [0.15, 0.2) is 11.5 Å². The molecule has 1 aliphatic heterocycles. The van der Waals surface area contributed by atoms with Gasteiger partial charge in [0.05, 0.1) is 10.7 Å². The third kappa shape index (κ3) is 3.93. The van der Waals surface area contributed by atoms with Gasteiger partial charge in [0.2, 0.25) is 0 Å². The standard InChI is InChI=1S/C19H15ClN4O3/c20-13-3-1-2-4-14(13)24-18-10-15(21-11-22-18)19(25)23-12-5-6-16-17(9-12)27-8-7-26-16/h1-6,9-11H,7-8H2,(H,23,25)(H,21,22,24). The van der Waals surface area contributed by atoms with Gasteiger partial charge in [-0.3, -0.25) is 4.79 Å². The minimum atomic E-state index is -0.365. The maximum Gasteiger partial charge on any atom is 0.274 e. The summed E-state index contributed by atoms with van der Waals surface area (Å²) >= 11 is 6.13. The highest BCUT2D eigenvalue weighted by Crippen LogP contribution is 2.32. The lowest BCUT2D eigenvalue weighted by molar-refractivity contribution is 0.102. The van der Waals surface area contributed by atoms with E-state index in [0.29, 0.717) is 46.9 Å². The minimum Gasteiger partial charge on any atom is -0.486 e. The van der Waals surface area contributed by atoms with Gasteiger partial charge in [0.1, 0.15) is 31.1 Å². The van der Waals surface area contributed by atoms with Crippen LogP contribution in [0.3, 0.4) is 0 Å². The number of anilines is 3. The van der Waals surface area contributed by atoms with E-state index in [-0.39, 0.29) is 11.6 Å². The molecular formula is C19H15ClN4O3. The molecule has 1 amide bonds. The molecule has 2 heterocycles. The second kappa shape index (κ2) is 7.51. The van der Waals surface area contributed by atoms with Crippen LogP contribution < -0.4 is 20.1 Å². The van der Waals surface area contributed by atoms with Crippen molar-refractivity contribution < 1.29 is 14.3 Å². The molecule has 2 aromatic carbocycles. The molecule has 0 radical (unpaired) electrons. The van der Waals surface area contributed by atoms with Gasteiger partial charge in [-0.05, 0) is 24.3 Å². The molecule has 0 spiro atoms. The minimum absolute atomic E-state index is 0.217. The third-order valence-electron chi connectivity index (χ3n) is 3.84. The maximum absolute atomic E-state index is 12.5. The number of rotatable bonds is 4. The van der Waals surface area contributed by atoms with E-state index in [2.05, 4.69) is 20.6 Å². The average molecular weight is 383 g/mol. The van der Waals surface area contributed by atoms with E-state index in [4.69, 9.17) is 21.1 Å². The van der Waals surface area contributed by atoms with Gasteiger partial charge in [-0.1, -0.05) is 23.7 Å². The first kappa shape index (κ1) is 17.1. The number of nitrogens with one attached hydrogen (secondary N) is 2. The zero-order valence-corrected chi connectivity index (χ0v) is 14.9. The molecule has 1 aliphatic rings. The van der Waals surface area contributed by atoms with E-state index >= 15 is 0 Å². The van der Waals surface area contributed by atoms with Crippen molar-refractivity contribution >= 4 is 34.7 Å². The lowest BCUT2D eigenvalue weighted by atomic mass is 10.2. The summed E-state index contributed by atoms with van der Waals surface area (Å²) in [5.41, 5.74) is 1.49. The Morgan fingerprint density at radius 3 is 2.67 bits per heavy atom. The van der Waals surface area contributed by atoms with Crippen molar-refractivity contribution in [3.05, 3.63) is 65.6 Å². The van der Waals surface area contributed by atoms with Crippen molar-refractivity contribution in [1.82, 2.24) is 9.97 Å². The number of nitrogens with zero attached hydrogens (tertiary/aromatic N) is 2. The summed E-state index contributed by atoms with van der Waals surface area (Å²) in [5.74, 6) is 1.36. The number of aromatic nitrogens is 2. The molecule has 0 aliphatic carbocycles. The highest BCUT2D eigenvalue weighted by atomic mass is 35.5. The molecule has 0 saturated carbocycles. The molecule has 0 atom stereocenters. The molecule has 136 valence electrons. The predicted octanol–water partition coefficient (Wildman–Crippen LogP) is 3.90. The number of hydrogen-bond donors (Lipinski definition) is 2. The molecule has 0 saturated heterocycles. The van der Waals surface area contributed by atoms with Crippen molar-refractivity contribution in [1.29, 1.82) is 0 Å². The zero-order valence-electron chi connectivity index (χ0n) is 14.1. The summed E-state index contributed by atoms with van der Waals surface area (Å²) in [6.45, 7) is 0.994. The number of fused-ring (bicyclic) bond motifs is 1. The first-order valence-corrected chi connectivity index (χ1v) is 8.61. The largest absolute Gasteiger partial charge is 0.486 e. The number of amides is 1. The maximum atomic E-state index is 12.5. The number of benzene rings is 2. The summed E-state index contributed by atoms with van der Waals surface area (Å²) in [4.78, 5) is 20.7. The Hall–Kier alpha value is -3.32. The van der Waals surface area contributed by atoms with Crippen LogP contribution in [0.4, 0.5) is 17.2 Å². The molecule has 3 aromatic rings. The first-order valence-electron chi connectivity index (χ1n) is 8.24. The van der Waals surface area contributed by atoms with Gasteiger partial charge in [0.25, 0.3) is 5.91 Å². The molecule has 7 nitrogen and oxygen atoms in total. The fourth-order valence-electron chi connectivity index (χ4n) is 2.57. The normalized spacial score (nSPS) is 12.3. The highest BCUT2D eigenvalue weighted by Gasteiger charge is 2.14. The molecule has 1 aromatic heterocycles. The lowest BCUT2D eigenvalue weighted by Crippen LogP contribution is -2.17. The van der Waals surface area contributed by atoms with Crippen LogP contribution in [-0.2, 0) is 0 Å². The Bertz CT molecular complexity index is 996. The Labute approximate surface area is 160 Å². The average Bonchev–Trinajstić information content (AvgIpc) is 2.70. The van der Waals surface area contributed by atoms with Crippen molar-refractivity contribution in [2.75, 3.05) is 23.8 Å². The molecule has 0 bridgehead atoms. The van der Waals surface area contributed by atoms with E-state index in [0.717, 1.165) is 0 Å². The molecule has 4 rings (SSSR count). The Balaban J connectivity index is 1.50. The number of carbonyl (C=O) groups is 1. The SMILES string of the molecule is O=C(Nc1ccc2c(c1)OCCO2)c1cc(Nc2ccccc2Cl)ncn1. The van der Waals surface area contributed by atoms with Crippen LogP contribution in [0.15, 0.2) is 54.9 Å². The van der Waals surface area contributed by atoms with E-state index in [1.165, 1.54) is 6.33 Å². The number of halogens is 1. The van der Waals surface area contributed by atoms with Crippen LogP contribution in [0, 0.1) is 0 Å². The molecule has 0 fully saturated rings. The fourth-order valence-corrected chi connectivity index (χ4v) is 2.75. The van der Waals surface area contributed by atoms with E-state index < -0.39 is 0 Å². The van der Waals surface area contributed by atoms with Crippen molar-refractivity contribution in [2.45, 2.75) is 0 Å². The van der Waals surface area contributed by atoms with Gasteiger partial charge >= 0.3 is 0 Å². The smallest absolute Gasteiger partial charge is 0.274 e. The van der Waals surface area contributed by atoms with Gasteiger partial charge < -0.3 is 20.1 Å². The number of para-hydroxylation sites is 1. The quantitative estimate of drug-likeness (QED) is 0.711. The fraction of sp³-hybridized carbons (Fsp3) is 0.105. The van der Waals surface area contributed by atoms with Crippen LogP contribution >= 0.6 is 11.6 Å². The second-order valence-corrected chi connectivity index (χ2v) is 6.11. The molecular weight excluding hydrogens is 368 g/mol. The van der Waals surface area contributed by atoms with Crippen LogP contribution in [0.2, 0.25) is 5.02 Å². The second-order valence-electron chi connectivity index (χ2n) is 5.71. The summed E-state index contributed by atoms with van der Waals surface area (Å²) in [6.07, 6.45) is 1.32. The predicted molar refractivity (Wildman–Crippen MR) is 102 cm³/mol. The lowest BCUT2D eigenvalue weighted by Gasteiger charge is -2.19. The monoisotopic (exact) mass is 382 g/mol. The van der Waals surface area contributed by atoms with Crippen molar-refractivity contribution in [3.8, 4) is 11.5 Å². The summed E-state index contributed by atoms with van der Waals surface area (Å²) < 4.78 is 11.0. The third-order valence-corrected chi connectivity index (χ3v) is 4.17. The van der Waals surface area contributed by atoms with E-state index in [9.17, 15) is 4.79 Å². The van der Waals surface area contributed by atoms with Crippen LogP contribution in [0.25, 0.3) is 0 Å². The first-order chi connectivity index (χ1) is 13.2. The molecule has 0 unspecified atom stereocenters. The summed E-state index contributed by atoms with van der Waals surface area (Å²) in [5, 5.41) is 6.42. The summed E-state index contributed by atoms with van der Waals surface area (Å²) in [7, 11) is 0. The van der Waals surface area contributed by atoms with E-state index in [1.54, 1.807) is 30.3 Å². The Kier molecular flexibility index (Phi) is 4.76. The van der Waals surface area contributed by atoms with Crippen molar-refractivity contribution in [3.63, 3.8) is 0 Å².